The smallest absolute Gasteiger partial charge is 0.249 e. The molecule has 2 unspecified atom stereocenters. The maximum Gasteiger partial charge on any atom is 0.249 e. The fourth-order valence-corrected chi connectivity index (χ4v) is 4.08. The lowest BCUT2D eigenvalue weighted by Crippen LogP contribution is -2.34. The van der Waals surface area contributed by atoms with Gasteiger partial charge in [0.05, 0.1) is 5.92 Å². The van der Waals surface area contributed by atoms with Crippen molar-refractivity contribution in [3.63, 3.8) is 0 Å². The zero-order valence-corrected chi connectivity index (χ0v) is 17.3. The van der Waals surface area contributed by atoms with E-state index in [4.69, 9.17) is 4.52 Å². The fraction of sp³-hybridized carbons (Fsp3) is 0.318. The molecule has 0 radical (unpaired) electrons. The molecule has 2 heterocycles. The summed E-state index contributed by atoms with van der Waals surface area (Å²) in [7, 11) is 0. The van der Waals surface area contributed by atoms with E-state index in [0.29, 0.717) is 11.7 Å². The van der Waals surface area contributed by atoms with E-state index in [9.17, 15) is 4.79 Å². The summed E-state index contributed by atoms with van der Waals surface area (Å²) in [5, 5.41) is 4.14. The number of amides is 1. The Labute approximate surface area is 172 Å². The van der Waals surface area contributed by atoms with E-state index >= 15 is 0 Å². The highest BCUT2D eigenvalue weighted by Gasteiger charge is 2.37. The van der Waals surface area contributed by atoms with Crippen molar-refractivity contribution in [2.24, 2.45) is 0 Å². The molecular weight excluding hydrogens is 418 g/mol. The average Bonchev–Trinajstić information content (AvgIpc) is 3.39. The number of hydrogen-bond donors (Lipinski definition) is 0. The number of hydrogen-bond acceptors (Lipinski definition) is 4. The first-order valence-corrected chi connectivity index (χ1v) is 10.4. The standard InChI is InChI=1S/C22H22BrN3O2/c1-2-18(15-7-4-3-5-8-15)22(27)26-14-6-9-19(26)21-24-20(25-28-21)16-10-12-17(23)13-11-16/h3-5,7-8,10-13,18-19H,2,6,9,14H2,1H3. The SMILES string of the molecule is CCC(C(=O)N1CCCC1c1nc(-c2ccc(Br)cc2)no1)c1ccccc1. The van der Waals surface area contributed by atoms with E-state index in [1.807, 2.05) is 59.5 Å². The van der Waals surface area contributed by atoms with Gasteiger partial charge in [-0.3, -0.25) is 4.79 Å². The van der Waals surface area contributed by atoms with Crippen molar-refractivity contribution in [1.29, 1.82) is 0 Å². The Morgan fingerprint density at radius 1 is 1.21 bits per heavy atom. The Kier molecular flexibility index (Phi) is 5.57. The van der Waals surface area contributed by atoms with Gasteiger partial charge in [-0.2, -0.15) is 4.98 Å². The fourth-order valence-electron chi connectivity index (χ4n) is 3.81. The number of nitrogens with zero attached hydrogens (tertiary/aromatic N) is 3. The summed E-state index contributed by atoms with van der Waals surface area (Å²) in [4.78, 5) is 19.8. The van der Waals surface area contributed by atoms with E-state index in [0.717, 1.165) is 41.4 Å². The van der Waals surface area contributed by atoms with Gasteiger partial charge in [-0.1, -0.05) is 58.3 Å². The van der Waals surface area contributed by atoms with Gasteiger partial charge in [-0.25, -0.2) is 0 Å². The minimum absolute atomic E-state index is 0.139. The zero-order chi connectivity index (χ0) is 19.5. The Morgan fingerprint density at radius 2 is 1.96 bits per heavy atom. The van der Waals surface area contributed by atoms with Crippen molar-refractivity contribution in [2.75, 3.05) is 6.54 Å². The van der Waals surface area contributed by atoms with Gasteiger partial charge >= 0.3 is 0 Å². The predicted octanol–water partition coefficient (Wildman–Crippen LogP) is 5.36. The van der Waals surface area contributed by atoms with Crippen LogP contribution in [0.1, 0.15) is 49.6 Å². The highest BCUT2D eigenvalue weighted by Crippen LogP contribution is 2.35. The van der Waals surface area contributed by atoms with Crippen LogP contribution < -0.4 is 0 Å². The van der Waals surface area contributed by atoms with Crippen molar-refractivity contribution in [1.82, 2.24) is 15.0 Å². The van der Waals surface area contributed by atoms with Crippen LogP contribution in [0.15, 0.2) is 63.6 Å². The molecular formula is C22H22BrN3O2. The lowest BCUT2D eigenvalue weighted by atomic mass is 9.94. The molecule has 3 aromatic rings. The zero-order valence-electron chi connectivity index (χ0n) is 15.7. The molecule has 5 nitrogen and oxygen atoms in total. The van der Waals surface area contributed by atoms with Crippen LogP contribution in [0.25, 0.3) is 11.4 Å². The Bertz CT molecular complexity index is 940. The molecule has 1 aliphatic heterocycles. The van der Waals surface area contributed by atoms with E-state index in [1.54, 1.807) is 0 Å². The number of aromatic nitrogens is 2. The third-order valence-electron chi connectivity index (χ3n) is 5.27. The molecule has 1 saturated heterocycles. The molecule has 0 spiro atoms. The molecule has 1 amide bonds. The van der Waals surface area contributed by atoms with Gasteiger partial charge in [-0.05, 0) is 49.1 Å². The van der Waals surface area contributed by atoms with E-state index in [-0.39, 0.29) is 17.9 Å². The molecule has 1 aromatic heterocycles. The van der Waals surface area contributed by atoms with Crippen molar-refractivity contribution in [3.05, 3.63) is 70.5 Å². The van der Waals surface area contributed by atoms with Crippen LogP contribution >= 0.6 is 15.9 Å². The van der Waals surface area contributed by atoms with E-state index in [1.165, 1.54) is 0 Å². The van der Waals surface area contributed by atoms with Crippen LogP contribution in [0.4, 0.5) is 0 Å². The molecule has 2 atom stereocenters. The number of carbonyl (C=O) groups excluding carboxylic acids is 1. The topological polar surface area (TPSA) is 59.2 Å². The van der Waals surface area contributed by atoms with Gasteiger partial charge in [0.15, 0.2) is 0 Å². The second kappa shape index (κ2) is 8.27. The maximum absolute atomic E-state index is 13.3. The number of carbonyl (C=O) groups is 1. The van der Waals surface area contributed by atoms with Crippen molar-refractivity contribution < 1.29 is 9.32 Å². The van der Waals surface area contributed by atoms with Gasteiger partial charge in [0.2, 0.25) is 17.6 Å². The van der Waals surface area contributed by atoms with Gasteiger partial charge in [0.25, 0.3) is 0 Å². The largest absolute Gasteiger partial charge is 0.337 e. The first-order valence-electron chi connectivity index (χ1n) is 9.62. The molecule has 2 aromatic carbocycles. The monoisotopic (exact) mass is 439 g/mol. The van der Waals surface area contributed by atoms with Crippen molar-refractivity contribution in [3.8, 4) is 11.4 Å². The van der Waals surface area contributed by atoms with Crippen LogP contribution in [0, 0.1) is 0 Å². The van der Waals surface area contributed by atoms with Gasteiger partial charge in [0, 0.05) is 16.6 Å². The highest BCUT2D eigenvalue weighted by atomic mass is 79.9. The number of benzene rings is 2. The lowest BCUT2D eigenvalue weighted by molar-refractivity contribution is -0.134. The van der Waals surface area contributed by atoms with Crippen LogP contribution in [0.2, 0.25) is 0 Å². The molecule has 0 N–H and O–H groups in total. The second-order valence-electron chi connectivity index (χ2n) is 7.02. The number of halogens is 1. The first kappa shape index (κ1) is 18.9. The maximum atomic E-state index is 13.3. The summed E-state index contributed by atoms with van der Waals surface area (Å²) < 4.78 is 6.57. The lowest BCUT2D eigenvalue weighted by Gasteiger charge is -2.26. The van der Waals surface area contributed by atoms with Gasteiger partial charge in [0.1, 0.15) is 6.04 Å². The molecule has 0 bridgehead atoms. The molecule has 4 rings (SSSR count). The minimum Gasteiger partial charge on any atom is -0.337 e. The molecule has 0 aliphatic carbocycles. The average molecular weight is 440 g/mol. The normalized spacial score (nSPS) is 17.6. The van der Waals surface area contributed by atoms with Crippen LogP contribution in [-0.2, 0) is 4.79 Å². The molecule has 28 heavy (non-hydrogen) atoms. The van der Waals surface area contributed by atoms with Gasteiger partial charge < -0.3 is 9.42 Å². The predicted molar refractivity (Wildman–Crippen MR) is 111 cm³/mol. The Balaban J connectivity index is 1.57. The number of rotatable bonds is 5. The minimum atomic E-state index is -0.151. The quantitative estimate of drug-likeness (QED) is 0.536. The van der Waals surface area contributed by atoms with E-state index < -0.39 is 0 Å². The van der Waals surface area contributed by atoms with E-state index in [2.05, 4.69) is 33.0 Å². The molecule has 1 aliphatic rings. The third-order valence-corrected chi connectivity index (χ3v) is 5.80. The summed E-state index contributed by atoms with van der Waals surface area (Å²) in [6.07, 6.45) is 2.55. The van der Waals surface area contributed by atoms with Crippen molar-refractivity contribution in [2.45, 2.75) is 38.1 Å². The summed E-state index contributed by atoms with van der Waals surface area (Å²) in [6, 6.07) is 17.6. The first-order chi connectivity index (χ1) is 13.7. The summed E-state index contributed by atoms with van der Waals surface area (Å²) >= 11 is 3.43. The summed E-state index contributed by atoms with van der Waals surface area (Å²) in [5.74, 6) is 1.07. The number of likely N-dealkylation sites (tertiary alicyclic amines) is 1. The Morgan fingerprint density at radius 3 is 2.68 bits per heavy atom. The van der Waals surface area contributed by atoms with Crippen molar-refractivity contribution >= 4 is 21.8 Å². The third kappa shape index (κ3) is 3.74. The van der Waals surface area contributed by atoms with Gasteiger partial charge in [-0.15, -0.1) is 0 Å². The molecule has 6 heteroatoms. The molecule has 0 saturated carbocycles. The highest BCUT2D eigenvalue weighted by molar-refractivity contribution is 9.10. The van der Waals surface area contributed by atoms with Crippen LogP contribution in [-0.4, -0.2) is 27.5 Å². The molecule has 1 fully saturated rings. The molecule has 144 valence electrons. The second-order valence-corrected chi connectivity index (χ2v) is 7.94. The van der Waals surface area contributed by atoms with Crippen LogP contribution in [0.5, 0.6) is 0 Å². The summed E-state index contributed by atoms with van der Waals surface area (Å²) in [5.41, 5.74) is 1.95. The Hall–Kier alpha value is -2.47. The van der Waals surface area contributed by atoms with Crippen LogP contribution in [0.3, 0.4) is 0 Å². The summed E-state index contributed by atoms with van der Waals surface area (Å²) in [6.45, 7) is 2.78.